The summed E-state index contributed by atoms with van der Waals surface area (Å²) < 4.78 is 51.9. The van der Waals surface area contributed by atoms with Crippen LogP contribution in [0.3, 0.4) is 0 Å². The Bertz CT molecular complexity index is 2060. The van der Waals surface area contributed by atoms with Crippen LogP contribution in [0.15, 0.2) is 36.0 Å². The van der Waals surface area contributed by atoms with Crippen molar-refractivity contribution >= 4 is 47.6 Å². The average Bonchev–Trinajstić information content (AvgIpc) is 3.38. The molecule has 3 heterocycles. The van der Waals surface area contributed by atoms with Crippen molar-refractivity contribution in [3.8, 4) is 0 Å². The number of carbonyl (C=O) groups is 8. The lowest BCUT2D eigenvalue weighted by molar-refractivity contribution is -0.302. The zero-order chi connectivity index (χ0) is 55.6. The van der Waals surface area contributed by atoms with Crippen LogP contribution in [0, 0.1) is 29.6 Å². The molecule has 2 bridgehead atoms. The summed E-state index contributed by atoms with van der Waals surface area (Å²) in [5, 5.41) is 17.0. The van der Waals surface area contributed by atoms with Crippen molar-refractivity contribution in [2.24, 2.45) is 29.6 Å². The van der Waals surface area contributed by atoms with E-state index in [2.05, 4.69) is 17.2 Å². The molecule has 3 fully saturated rings. The molecule has 0 aromatic heterocycles. The molecule has 1 unspecified atom stereocenters. The molecule has 1 saturated carbocycles. The van der Waals surface area contributed by atoms with Gasteiger partial charge in [-0.1, -0.05) is 45.9 Å². The summed E-state index contributed by atoms with van der Waals surface area (Å²) in [6, 6.07) is -1.30. The fourth-order valence-corrected chi connectivity index (χ4v) is 10.8. The third kappa shape index (κ3) is 17.4. The third-order valence-electron chi connectivity index (χ3n) is 14.7. The number of ketones is 2. The first-order chi connectivity index (χ1) is 35.6. The molecule has 422 valence electrons. The van der Waals surface area contributed by atoms with Gasteiger partial charge in [0.15, 0.2) is 5.78 Å². The summed E-state index contributed by atoms with van der Waals surface area (Å²) in [5.41, 5.74) is 0.878. The lowest BCUT2D eigenvalue weighted by Gasteiger charge is -2.47. The molecule has 75 heavy (non-hydrogen) atoms. The molecule has 1 aliphatic carbocycles. The number of piperidine rings is 1. The Morgan fingerprint density at radius 3 is 1.99 bits per heavy atom. The highest BCUT2D eigenvalue weighted by atomic mass is 16.7. The van der Waals surface area contributed by atoms with Gasteiger partial charge in [0, 0.05) is 46.1 Å². The fraction of sp³-hybridized carbons (Fsp3) is 0.741. The van der Waals surface area contributed by atoms with Crippen molar-refractivity contribution in [2.45, 2.75) is 174 Å². The first-order valence-electron chi connectivity index (χ1n) is 26.4. The Morgan fingerprint density at radius 2 is 1.40 bits per heavy atom. The van der Waals surface area contributed by atoms with E-state index in [9.17, 15) is 43.5 Å². The molecule has 3 N–H and O–H groups in total. The second kappa shape index (κ2) is 29.9. The van der Waals surface area contributed by atoms with Crippen LogP contribution >= 0.6 is 0 Å². The first-order valence-corrected chi connectivity index (χ1v) is 26.4. The molecular formula is C54H83N3O18. The lowest BCUT2D eigenvalue weighted by atomic mass is 9.81. The van der Waals surface area contributed by atoms with Crippen LogP contribution in [0.2, 0.25) is 0 Å². The number of fused-ring (bicyclic) bond motifs is 3. The number of allylic oxidation sites excluding steroid dienone is 4. The van der Waals surface area contributed by atoms with Crippen LogP contribution in [-0.4, -0.2) is 166 Å². The van der Waals surface area contributed by atoms with E-state index in [1.165, 1.54) is 21.3 Å². The van der Waals surface area contributed by atoms with E-state index in [1.807, 2.05) is 26.0 Å². The molecule has 4 aliphatic rings. The van der Waals surface area contributed by atoms with Gasteiger partial charge in [-0.05, 0) is 114 Å². The zero-order valence-electron chi connectivity index (χ0n) is 45.6. The van der Waals surface area contributed by atoms with Crippen molar-refractivity contribution in [2.75, 3.05) is 54.2 Å². The molecule has 4 rings (SSSR count). The minimum Gasteiger partial charge on any atom is -0.465 e. The molecule has 21 nitrogen and oxygen atoms in total. The SMILES string of the molecule is C=CCC1=CC(C)C[C@H](C)C[C@H](OC)[C@H]2O[C@@](O)(C(=O)C(=O)N3CCCC[C@H]3C(=O)O[C@H](C(C)=C[C@@H]3CC[C@@H](OC(=O)NCC(=O)OCC)[C@H](OC)C3)[C@H](C)[C@@H](OC(=O)NCC(=O)OCC)CC1=O)[C@H](C)C[C@@H]2OC. The second-order valence-corrected chi connectivity index (χ2v) is 20.3. The van der Waals surface area contributed by atoms with Gasteiger partial charge in [-0.3, -0.25) is 24.0 Å². The number of rotatable bonds is 15. The molecule has 0 radical (unpaired) electrons. The number of methoxy groups -OCH3 is 3. The molecule has 21 heteroatoms. The van der Waals surface area contributed by atoms with Crippen molar-refractivity contribution in [1.29, 1.82) is 0 Å². The highest BCUT2D eigenvalue weighted by Crippen LogP contribution is 2.40. The minimum absolute atomic E-state index is 0.0196. The maximum Gasteiger partial charge on any atom is 0.407 e. The third-order valence-corrected chi connectivity index (χ3v) is 14.7. The van der Waals surface area contributed by atoms with E-state index in [1.54, 1.807) is 40.7 Å². The molecule has 3 amide bonds. The predicted molar refractivity (Wildman–Crippen MR) is 270 cm³/mol. The normalized spacial score (nSPS) is 32.8. The van der Waals surface area contributed by atoms with Crippen LogP contribution in [-0.2, 0) is 71.4 Å². The summed E-state index contributed by atoms with van der Waals surface area (Å²) in [4.78, 5) is 110. The largest absolute Gasteiger partial charge is 0.465 e. The molecule has 14 atom stereocenters. The number of aliphatic hydroxyl groups is 1. The number of carbonyl (C=O) groups excluding carboxylic acids is 8. The summed E-state index contributed by atoms with van der Waals surface area (Å²) in [6.07, 6.45) is 0.406. The number of hydrogen-bond acceptors (Lipinski definition) is 18. The van der Waals surface area contributed by atoms with Gasteiger partial charge in [-0.15, -0.1) is 6.58 Å². The van der Waals surface area contributed by atoms with E-state index < -0.39 is 115 Å². The van der Waals surface area contributed by atoms with Crippen molar-refractivity contribution in [3.05, 3.63) is 36.0 Å². The average molecular weight is 1060 g/mol. The van der Waals surface area contributed by atoms with Gasteiger partial charge in [0.25, 0.3) is 11.7 Å². The van der Waals surface area contributed by atoms with E-state index in [-0.39, 0.29) is 75.5 Å². The smallest absolute Gasteiger partial charge is 0.407 e. The Morgan fingerprint density at radius 1 is 0.800 bits per heavy atom. The monoisotopic (exact) mass is 1060 g/mol. The summed E-state index contributed by atoms with van der Waals surface area (Å²) in [5.74, 6) is -10.0. The summed E-state index contributed by atoms with van der Waals surface area (Å²) in [7, 11) is 4.47. The van der Waals surface area contributed by atoms with Crippen LogP contribution < -0.4 is 10.6 Å². The second-order valence-electron chi connectivity index (χ2n) is 20.3. The van der Waals surface area contributed by atoms with Crippen molar-refractivity contribution in [1.82, 2.24) is 15.5 Å². The van der Waals surface area contributed by atoms with Gasteiger partial charge in [0.2, 0.25) is 5.79 Å². The van der Waals surface area contributed by atoms with Crippen molar-refractivity contribution < 1.29 is 86.1 Å². The number of hydrogen-bond donors (Lipinski definition) is 3. The molecule has 0 spiro atoms. The zero-order valence-corrected chi connectivity index (χ0v) is 45.6. The Hall–Kier alpha value is -5.22. The van der Waals surface area contributed by atoms with Gasteiger partial charge in [-0.2, -0.15) is 0 Å². The lowest BCUT2D eigenvalue weighted by Crippen LogP contribution is -2.64. The number of amides is 3. The first kappa shape index (κ1) is 62.3. The predicted octanol–water partition coefficient (Wildman–Crippen LogP) is 5.23. The number of alkyl carbamates (subject to hydrolysis) is 2. The van der Waals surface area contributed by atoms with Gasteiger partial charge >= 0.3 is 30.1 Å². The molecule has 2 saturated heterocycles. The number of esters is 3. The van der Waals surface area contributed by atoms with Crippen LogP contribution in [0.5, 0.6) is 0 Å². The minimum atomic E-state index is -2.61. The quantitative estimate of drug-likeness (QED) is 0.0820. The molecular weight excluding hydrogens is 979 g/mol. The van der Waals surface area contributed by atoms with E-state index in [0.29, 0.717) is 56.1 Å². The number of nitrogens with zero attached hydrogens (tertiary/aromatic N) is 1. The molecule has 0 aromatic carbocycles. The van der Waals surface area contributed by atoms with Gasteiger partial charge < -0.3 is 63.3 Å². The van der Waals surface area contributed by atoms with E-state index in [0.717, 1.165) is 4.90 Å². The molecule has 0 aromatic rings. The van der Waals surface area contributed by atoms with E-state index in [4.69, 9.17) is 42.6 Å². The van der Waals surface area contributed by atoms with Crippen LogP contribution in [0.4, 0.5) is 9.59 Å². The van der Waals surface area contributed by atoms with E-state index >= 15 is 0 Å². The van der Waals surface area contributed by atoms with Gasteiger partial charge in [0.05, 0.1) is 31.5 Å². The highest BCUT2D eigenvalue weighted by molar-refractivity contribution is 6.39. The van der Waals surface area contributed by atoms with Gasteiger partial charge in [-0.25, -0.2) is 14.4 Å². The Labute approximate surface area is 441 Å². The maximum absolute atomic E-state index is 14.9. The Kier molecular flexibility index (Phi) is 24.9. The number of cyclic esters (lactones) is 1. The Balaban J connectivity index is 1.83. The van der Waals surface area contributed by atoms with Gasteiger partial charge in [0.1, 0.15) is 43.5 Å². The number of Topliss-reactive ketones (excluding diaryl/α,β-unsaturated/α-hetero) is 2. The molecule has 3 aliphatic heterocycles. The maximum atomic E-state index is 14.9. The topological polar surface area (TPSA) is 267 Å². The highest BCUT2D eigenvalue weighted by Gasteiger charge is 2.57. The van der Waals surface area contributed by atoms with Crippen LogP contribution in [0.1, 0.15) is 119 Å². The van der Waals surface area contributed by atoms with Crippen LogP contribution in [0.25, 0.3) is 0 Å². The fourth-order valence-electron chi connectivity index (χ4n) is 10.8. The number of ether oxygens (including phenoxy) is 9. The number of nitrogens with one attached hydrogen (secondary N) is 2. The van der Waals surface area contributed by atoms with Crippen molar-refractivity contribution in [3.63, 3.8) is 0 Å². The summed E-state index contributed by atoms with van der Waals surface area (Å²) >= 11 is 0. The summed E-state index contributed by atoms with van der Waals surface area (Å²) in [6.45, 7) is 15.4. The standard InChI is InChI=1S/C54H83N3O18/c1-12-17-37-23-31(4)22-32(5)24-43(68-10)48-44(69-11)26-34(7)54(66,75-48)49(61)50(62)57-21-16-15-18-38(57)51(63)74-47(35(8)41(28-39(37)58)73-53(65)56-30-46(60)71-14-3)33(6)25-36-19-20-40(42(27-36)67-9)72-52(64)55-29-45(59)70-13-2/h12,23,25,31-32,34-36,38,40-44,47-48,66H,1,13-22,24,26-30H2,2-11H3,(H,55,64)(H,56,65)/t31?,32-,34+,35+,36-,38-,40+,41-,42+,43-,44-,47+,48+,54+/m0/s1.